The van der Waals surface area contributed by atoms with Crippen molar-refractivity contribution in [3.63, 3.8) is 0 Å². The summed E-state index contributed by atoms with van der Waals surface area (Å²) in [5, 5.41) is 6.25. The summed E-state index contributed by atoms with van der Waals surface area (Å²) in [6.07, 6.45) is 1.40. The largest absolute Gasteiger partial charge is 0.363 e. The first kappa shape index (κ1) is 12.9. The van der Waals surface area contributed by atoms with Crippen LogP contribution in [0.25, 0.3) is 0 Å². The van der Waals surface area contributed by atoms with Gasteiger partial charge in [0, 0.05) is 17.2 Å². The van der Waals surface area contributed by atoms with Crippen molar-refractivity contribution < 1.29 is 9.32 Å². The number of benzene rings is 1. The molecule has 0 fully saturated rings. The van der Waals surface area contributed by atoms with Crippen molar-refractivity contribution in [3.8, 4) is 11.8 Å². The maximum absolute atomic E-state index is 11.9. The molecule has 0 aliphatic rings. The quantitative estimate of drug-likeness (QED) is 0.798. The number of aromatic nitrogens is 1. The Balaban J connectivity index is 2.17. The number of hydrogen-bond acceptors (Lipinski definition) is 4. The molecule has 1 heterocycles. The molecule has 1 aromatic heterocycles. The van der Waals surface area contributed by atoms with Gasteiger partial charge in [-0.25, -0.2) is 0 Å². The van der Waals surface area contributed by atoms with Crippen molar-refractivity contribution in [1.82, 2.24) is 5.16 Å². The minimum absolute atomic E-state index is 0.240. The van der Waals surface area contributed by atoms with Gasteiger partial charge in [-0.2, -0.15) is 0 Å². The lowest BCUT2D eigenvalue weighted by atomic mass is 10.0. The molecule has 0 bridgehead atoms. The normalized spacial score (nSPS) is 9.58. The van der Waals surface area contributed by atoms with Gasteiger partial charge in [0.25, 0.3) is 5.91 Å². The van der Waals surface area contributed by atoms with E-state index in [2.05, 4.69) is 26.8 Å². The zero-order valence-electron chi connectivity index (χ0n) is 10.4. The number of nitrogens with one attached hydrogen (secondary N) is 1. The minimum Gasteiger partial charge on any atom is -0.363 e. The molecule has 0 unspecified atom stereocenters. The van der Waals surface area contributed by atoms with Gasteiger partial charge >= 0.3 is 0 Å². The van der Waals surface area contributed by atoms with E-state index in [0.29, 0.717) is 17.9 Å². The van der Waals surface area contributed by atoms with E-state index in [1.807, 2.05) is 6.92 Å². The summed E-state index contributed by atoms with van der Waals surface area (Å²) < 4.78 is 4.64. The van der Waals surface area contributed by atoms with E-state index in [1.165, 1.54) is 6.26 Å². The van der Waals surface area contributed by atoms with Gasteiger partial charge in [0.1, 0.15) is 6.26 Å². The van der Waals surface area contributed by atoms with Gasteiger partial charge in [0.2, 0.25) is 0 Å². The van der Waals surface area contributed by atoms with Crippen LogP contribution in [0.15, 0.2) is 35.1 Å². The van der Waals surface area contributed by atoms with Gasteiger partial charge < -0.3 is 15.6 Å². The first-order chi connectivity index (χ1) is 9.20. The number of carbonyl (C=O) groups excluding carboxylic acids is 1. The number of nitrogens with zero attached hydrogens (tertiary/aromatic N) is 1. The van der Waals surface area contributed by atoms with Gasteiger partial charge in [-0.3, -0.25) is 4.79 Å². The molecule has 0 saturated heterocycles. The summed E-state index contributed by atoms with van der Waals surface area (Å²) in [6, 6.07) is 6.86. The molecule has 0 spiro atoms. The highest BCUT2D eigenvalue weighted by Gasteiger charge is 2.08. The van der Waals surface area contributed by atoms with E-state index >= 15 is 0 Å². The highest BCUT2D eigenvalue weighted by Crippen LogP contribution is 2.12. The summed E-state index contributed by atoms with van der Waals surface area (Å²) in [6.45, 7) is 2.21. The Hall–Kier alpha value is -2.58. The first-order valence-electron chi connectivity index (χ1n) is 5.72. The molecule has 1 aromatic carbocycles. The number of carbonyl (C=O) groups is 1. The van der Waals surface area contributed by atoms with Gasteiger partial charge in [-0.05, 0) is 30.7 Å². The molecule has 1 amide bonds. The van der Waals surface area contributed by atoms with Crippen molar-refractivity contribution in [2.24, 2.45) is 5.73 Å². The van der Waals surface area contributed by atoms with Gasteiger partial charge in [0.05, 0.1) is 6.54 Å². The minimum atomic E-state index is -0.240. The average molecular weight is 255 g/mol. The lowest BCUT2D eigenvalue weighted by molar-refractivity contribution is 0.102. The second kappa shape index (κ2) is 5.85. The van der Waals surface area contributed by atoms with Crippen LogP contribution in [-0.2, 0) is 0 Å². The summed E-state index contributed by atoms with van der Waals surface area (Å²) >= 11 is 0. The molecular formula is C14H13N3O2. The standard InChI is InChI=1S/C14H13N3O2/c1-10-9-12(5-4-11(10)3-2-7-15)14(18)16-13-6-8-19-17-13/h4-6,8-9H,7,15H2,1H3,(H,16,17,18). The average Bonchev–Trinajstić information content (AvgIpc) is 2.90. The zero-order chi connectivity index (χ0) is 13.7. The topological polar surface area (TPSA) is 81.2 Å². The lowest BCUT2D eigenvalue weighted by Gasteiger charge is -2.04. The van der Waals surface area contributed by atoms with Crippen LogP contribution in [0.4, 0.5) is 5.82 Å². The third kappa shape index (κ3) is 3.21. The molecule has 0 atom stereocenters. The molecule has 3 N–H and O–H groups in total. The number of aryl methyl sites for hydroxylation is 1. The number of anilines is 1. The Kier molecular flexibility index (Phi) is 3.96. The van der Waals surface area contributed by atoms with E-state index in [1.54, 1.807) is 24.3 Å². The van der Waals surface area contributed by atoms with E-state index < -0.39 is 0 Å². The second-order valence-corrected chi connectivity index (χ2v) is 3.87. The molecule has 5 nitrogen and oxygen atoms in total. The van der Waals surface area contributed by atoms with Gasteiger partial charge in [-0.15, -0.1) is 0 Å². The van der Waals surface area contributed by atoms with Gasteiger partial charge in [-0.1, -0.05) is 17.0 Å². The highest BCUT2D eigenvalue weighted by atomic mass is 16.5. The summed E-state index contributed by atoms with van der Waals surface area (Å²) in [4.78, 5) is 11.9. The van der Waals surface area contributed by atoms with Crippen LogP contribution >= 0.6 is 0 Å². The molecule has 0 aliphatic heterocycles. The summed E-state index contributed by atoms with van der Waals surface area (Å²) in [5.41, 5.74) is 7.66. The Morgan fingerprint density at radius 3 is 2.95 bits per heavy atom. The van der Waals surface area contributed by atoms with E-state index in [0.717, 1.165) is 11.1 Å². The summed E-state index contributed by atoms with van der Waals surface area (Å²) in [5.74, 6) is 5.88. The molecule has 19 heavy (non-hydrogen) atoms. The predicted octanol–water partition coefficient (Wildman–Crippen LogP) is 1.55. The van der Waals surface area contributed by atoms with Crippen LogP contribution in [0.3, 0.4) is 0 Å². The smallest absolute Gasteiger partial charge is 0.256 e. The number of hydrogen-bond donors (Lipinski definition) is 2. The van der Waals surface area contributed by atoms with Crippen molar-refractivity contribution >= 4 is 11.7 Å². The SMILES string of the molecule is Cc1cc(C(=O)Nc2ccon2)ccc1C#CCN. The molecular weight excluding hydrogens is 242 g/mol. The monoisotopic (exact) mass is 255 g/mol. The van der Waals surface area contributed by atoms with Crippen LogP contribution in [-0.4, -0.2) is 17.6 Å². The van der Waals surface area contributed by atoms with Crippen molar-refractivity contribution in [2.75, 3.05) is 11.9 Å². The van der Waals surface area contributed by atoms with Crippen molar-refractivity contribution in [1.29, 1.82) is 0 Å². The fourth-order valence-corrected chi connectivity index (χ4v) is 1.56. The fraction of sp³-hybridized carbons (Fsp3) is 0.143. The van der Waals surface area contributed by atoms with Crippen LogP contribution in [0, 0.1) is 18.8 Å². The Labute approximate surface area is 110 Å². The Morgan fingerprint density at radius 1 is 1.47 bits per heavy atom. The Bertz CT molecular complexity index is 636. The molecule has 0 saturated carbocycles. The molecule has 2 rings (SSSR count). The van der Waals surface area contributed by atoms with Crippen LogP contribution in [0.5, 0.6) is 0 Å². The van der Waals surface area contributed by atoms with Crippen molar-refractivity contribution in [3.05, 3.63) is 47.2 Å². The fourth-order valence-electron chi connectivity index (χ4n) is 1.56. The van der Waals surface area contributed by atoms with E-state index in [-0.39, 0.29) is 5.91 Å². The van der Waals surface area contributed by atoms with Crippen LogP contribution in [0.1, 0.15) is 21.5 Å². The molecule has 5 heteroatoms. The summed E-state index contributed by atoms with van der Waals surface area (Å²) in [7, 11) is 0. The third-order valence-corrected chi connectivity index (χ3v) is 2.49. The number of rotatable bonds is 2. The second-order valence-electron chi connectivity index (χ2n) is 3.87. The molecule has 0 aliphatic carbocycles. The zero-order valence-corrected chi connectivity index (χ0v) is 10.4. The van der Waals surface area contributed by atoms with E-state index in [9.17, 15) is 4.79 Å². The molecule has 0 radical (unpaired) electrons. The lowest BCUT2D eigenvalue weighted by Crippen LogP contribution is -2.12. The van der Waals surface area contributed by atoms with Crippen LogP contribution in [0.2, 0.25) is 0 Å². The number of nitrogens with two attached hydrogens (primary N) is 1. The molecule has 96 valence electrons. The third-order valence-electron chi connectivity index (χ3n) is 2.49. The predicted molar refractivity (Wildman–Crippen MR) is 71.6 cm³/mol. The Morgan fingerprint density at radius 2 is 2.32 bits per heavy atom. The number of amides is 1. The van der Waals surface area contributed by atoms with E-state index in [4.69, 9.17) is 5.73 Å². The highest BCUT2D eigenvalue weighted by molar-refractivity contribution is 6.03. The maximum atomic E-state index is 11.9. The molecule has 2 aromatic rings. The first-order valence-corrected chi connectivity index (χ1v) is 5.72. The van der Waals surface area contributed by atoms with Crippen molar-refractivity contribution in [2.45, 2.75) is 6.92 Å². The maximum Gasteiger partial charge on any atom is 0.256 e. The van der Waals surface area contributed by atoms with Crippen LogP contribution < -0.4 is 11.1 Å². The van der Waals surface area contributed by atoms with Gasteiger partial charge in [0.15, 0.2) is 5.82 Å².